The molecular weight excluding hydrogens is 346 g/mol. The van der Waals surface area contributed by atoms with Crippen LogP contribution < -0.4 is 10.2 Å². The molecule has 0 spiro atoms. The fraction of sp³-hybridized carbons (Fsp3) is 0.381. The highest BCUT2D eigenvalue weighted by molar-refractivity contribution is 6.30. The first kappa shape index (κ1) is 18.7. The molecule has 1 heterocycles. The number of nitrogens with zero attached hydrogens (tertiary/aromatic N) is 2. The minimum atomic E-state index is -0.124. The molecule has 1 N–H and O–H groups in total. The molecule has 138 valence electrons. The number of rotatable bonds is 5. The normalized spacial score (nSPS) is 16.3. The van der Waals surface area contributed by atoms with Crippen molar-refractivity contribution in [3.8, 4) is 0 Å². The second kappa shape index (κ2) is 8.56. The van der Waals surface area contributed by atoms with Gasteiger partial charge < -0.3 is 10.2 Å². The first-order chi connectivity index (χ1) is 12.5. The Bertz CT molecular complexity index is 739. The van der Waals surface area contributed by atoms with Crippen LogP contribution in [0.2, 0.25) is 5.02 Å². The van der Waals surface area contributed by atoms with Crippen molar-refractivity contribution in [1.29, 1.82) is 0 Å². The summed E-state index contributed by atoms with van der Waals surface area (Å²) >= 11 is 5.89. The lowest BCUT2D eigenvalue weighted by Crippen LogP contribution is -2.54. The smallest absolute Gasteiger partial charge is 0.237 e. The van der Waals surface area contributed by atoms with Gasteiger partial charge in [-0.3, -0.25) is 9.69 Å². The van der Waals surface area contributed by atoms with Crippen molar-refractivity contribution in [3.63, 3.8) is 0 Å². The quantitative estimate of drug-likeness (QED) is 0.874. The maximum Gasteiger partial charge on any atom is 0.237 e. The minimum absolute atomic E-state index is 0.0734. The highest BCUT2D eigenvalue weighted by atomic mass is 35.5. The molecule has 1 amide bonds. The lowest BCUT2D eigenvalue weighted by atomic mass is 10.1. The predicted octanol–water partition coefficient (Wildman–Crippen LogP) is 3.48. The average molecular weight is 372 g/mol. The number of nitrogens with one attached hydrogen (secondary N) is 1. The summed E-state index contributed by atoms with van der Waals surface area (Å²) in [6.07, 6.45) is 0. The maximum absolute atomic E-state index is 12.5. The Kier molecular flexibility index (Phi) is 6.17. The zero-order chi connectivity index (χ0) is 18.5. The van der Waals surface area contributed by atoms with Crippen LogP contribution in [-0.4, -0.2) is 43.0 Å². The summed E-state index contributed by atoms with van der Waals surface area (Å²) < 4.78 is 0. The lowest BCUT2D eigenvalue weighted by molar-refractivity contribution is -0.126. The molecule has 1 aliphatic heterocycles. The van der Waals surface area contributed by atoms with Gasteiger partial charge in [-0.1, -0.05) is 41.9 Å². The van der Waals surface area contributed by atoms with E-state index in [1.807, 2.05) is 31.2 Å². The molecule has 2 aromatic carbocycles. The minimum Gasteiger partial charge on any atom is -0.369 e. The van der Waals surface area contributed by atoms with E-state index in [-0.39, 0.29) is 11.9 Å². The van der Waals surface area contributed by atoms with Gasteiger partial charge in [-0.2, -0.15) is 0 Å². The number of para-hydroxylation sites is 1. The molecular formula is C21H26ClN3O. The van der Waals surface area contributed by atoms with E-state index < -0.39 is 0 Å². The fourth-order valence-electron chi connectivity index (χ4n) is 3.37. The van der Waals surface area contributed by atoms with E-state index in [2.05, 4.69) is 46.3 Å². The van der Waals surface area contributed by atoms with Gasteiger partial charge in [0.2, 0.25) is 5.91 Å². The van der Waals surface area contributed by atoms with Gasteiger partial charge in [-0.25, -0.2) is 0 Å². The molecule has 0 saturated carbocycles. The molecule has 1 atom stereocenters. The van der Waals surface area contributed by atoms with E-state index in [1.54, 1.807) is 0 Å². The summed E-state index contributed by atoms with van der Waals surface area (Å²) in [5, 5.41) is 3.74. The SMILES string of the molecule is Cc1ccccc1N1CCN(C(C)C(=O)NCc2ccc(Cl)cc2)CC1. The van der Waals surface area contributed by atoms with Crippen molar-refractivity contribution < 1.29 is 4.79 Å². The van der Waals surface area contributed by atoms with Gasteiger partial charge in [0.15, 0.2) is 0 Å². The zero-order valence-corrected chi connectivity index (χ0v) is 16.2. The van der Waals surface area contributed by atoms with Crippen molar-refractivity contribution in [3.05, 3.63) is 64.7 Å². The van der Waals surface area contributed by atoms with Crippen LogP contribution in [0, 0.1) is 6.92 Å². The summed E-state index contributed by atoms with van der Waals surface area (Å²) in [5.41, 5.74) is 3.65. The van der Waals surface area contributed by atoms with E-state index in [4.69, 9.17) is 11.6 Å². The summed E-state index contributed by atoms with van der Waals surface area (Å²) in [6, 6.07) is 15.9. The third-order valence-corrected chi connectivity index (χ3v) is 5.33. The van der Waals surface area contributed by atoms with Crippen LogP contribution in [0.15, 0.2) is 48.5 Å². The number of anilines is 1. The Balaban J connectivity index is 1.49. The first-order valence-corrected chi connectivity index (χ1v) is 9.49. The number of hydrogen-bond acceptors (Lipinski definition) is 3. The van der Waals surface area contributed by atoms with Crippen LogP contribution in [0.1, 0.15) is 18.1 Å². The molecule has 3 rings (SSSR count). The van der Waals surface area contributed by atoms with Gasteiger partial charge in [-0.05, 0) is 43.2 Å². The molecule has 26 heavy (non-hydrogen) atoms. The van der Waals surface area contributed by atoms with Crippen LogP contribution in [0.25, 0.3) is 0 Å². The van der Waals surface area contributed by atoms with Gasteiger partial charge >= 0.3 is 0 Å². The van der Waals surface area contributed by atoms with Crippen molar-refractivity contribution >= 4 is 23.2 Å². The zero-order valence-electron chi connectivity index (χ0n) is 15.4. The number of hydrogen-bond donors (Lipinski definition) is 1. The molecule has 1 unspecified atom stereocenters. The standard InChI is InChI=1S/C21H26ClN3O/c1-16-5-3-4-6-20(16)25-13-11-24(12-14-25)17(2)21(26)23-15-18-7-9-19(22)10-8-18/h3-10,17H,11-15H2,1-2H3,(H,23,26). The van der Waals surface area contributed by atoms with Crippen LogP contribution in [-0.2, 0) is 11.3 Å². The fourth-order valence-corrected chi connectivity index (χ4v) is 3.50. The van der Waals surface area contributed by atoms with E-state index in [1.165, 1.54) is 11.3 Å². The Labute approximate surface area is 160 Å². The molecule has 1 aliphatic rings. The number of halogens is 1. The average Bonchev–Trinajstić information content (AvgIpc) is 2.67. The molecule has 1 fully saturated rings. The molecule has 5 heteroatoms. The van der Waals surface area contributed by atoms with Crippen LogP contribution in [0.5, 0.6) is 0 Å². The Morgan fingerprint density at radius 3 is 2.38 bits per heavy atom. The number of carbonyl (C=O) groups excluding carboxylic acids is 1. The van der Waals surface area contributed by atoms with Crippen molar-refractivity contribution in [1.82, 2.24) is 10.2 Å². The van der Waals surface area contributed by atoms with Crippen LogP contribution in [0.3, 0.4) is 0 Å². The topological polar surface area (TPSA) is 35.6 Å². The second-order valence-electron chi connectivity index (χ2n) is 6.83. The molecule has 0 bridgehead atoms. The highest BCUT2D eigenvalue weighted by Gasteiger charge is 2.25. The van der Waals surface area contributed by atoms with E-state index in [9.17, 15) is 4.79 Å². The van der Waals surface area contributed by atoms with Crippen molar-refractivity contribution in [2.24, 2.45) is 0 Å². The molecule has 2 aromatic rings. The van der Waals surface area contributed by atoms with Crippen molar-refractivity contribution in [2.75, 3.05) is 31.1 Å². The largest absolute Gasteiger partial charge is 0.369 e. The molecule has 4 nitrogen and oxygen atoms in total. The second-order valence-corrected chi connectivity index (χ2v) is 7.27. The third-order valence-electron chi connectivity index (χ3n) is 5.08. The van der Waals surface area contributed by atoms with Gasteiger partial charge in [0.1, 0.15) is 0 Å². The van der Waals surface area contributed by atoms with E-state index >= 15 is 0 Å². The van der Waals surface area contributed by atoms with Gasteiger partial charge in [0, 0.05) is 43.4 Å². The number of carbonyl (C=O) groups is 1. The predicted molar refractivity (Wildman–Crippen MR) is 108 cm³/mol. The molecule has 0 aliphatic carbocycles. The number of aryl methyl sites for hydroxylation is 1. The number of amides is 1. The summed E-state index contributed by atoms with van der Waals surface area (Å²) in [7, 11) is 0. The highest BCUT2D eigenvalue weighted by Crippen LogP contribution is 2.21. The van der Waals surface area contributed by atoms with Crippen molar-refractivity contribution in [2.45, 2.75) is 26.4 Å². The third kappa shape index (κ3) is 4.57. The molecule has 0 radical (unpaired) electrons. The maximum atomic E-state index is 12.5. The Morgan fingerprint density at radius 2 is 1.73 bits per heavy atom. The van der Waals surface area contributed by atoms with Gasteiger partial charge in [0.25, 0.3) is 0 Å². The Hall–Kier alpha value is -2.04. The molecule has 0 aromatic heterocycles. The van der Waals surface area contributed by atoms with E-state index in [0.29, 0.717) is 11.6 Å². The summed E-state index contributed by atoms with van der Waals surface area (Å²) in [6.45, 7) is 8.34. The lowest BCUT2D eigenvalue weighted by Gasteiger charge is -2.39. The van der Waals surface area contributed by atoms with Crippen LogP contribution in [0.4, 0.5) is 5.69 Å². The van der Waals surface area contributed by atoms with E-state index in [0.717, 1.165) is 31.7 Å². The van der Waals surface area contributed by atoms with Gasteiger partial charge in [-0.15, -0.1) is 0 Å². The molecule has 1 saturated heterocycles. The summed E-state index contributed by atoms with van der Waals surface area (Å²) in [4.78, 5) is 17.2. The monoisotopic (exact) mass is 371 g/mol. The first-order valence-electron chi connectivity index (χ1n) is 9.11. The summed E-state index contributed by atoms with van der Waals surface area (Å²) in [5.74, 6) is 0.0734. The number of piperazine rings is 1. The number of benzene rings is 2. The van der Waals surface area contributed by atoms with Gasteiger partial charge in [0.05, 0.1) is 6.04 Å². The van der Waals surface area contributed by atoms with Crippen LogP contribution >= 0.6 is 11.6 Å². The Morgan fingerprint density at radius 1 is 1.08 bits per heavy atom.